The molecular weight excluding hydrogens is 234 g/mol. The van der Waals surface area contributed by atoms with E-state index in [0.29, 0.717) is 6.04 Å². The van der Waals surface area contributed by atoms with Crippen molar-refractivity contribution in [3.8, 4) is 0 Å². The van der Waals surface area contributed by atoms with Crippen molar-refractivity contribution in [1.29, 1.82) is 0 Å². The van der Waals surface area contributed by atoms with Crippen LogP contribution >= 0.6 is 0 Å². The molecule has 19 heavy (non-hydrogen) atoms. The lowest BCUT2D eigenvalue weighted by Crippen LogP contribution is -2.25. The van der Waals surface area contributed by atoms with E-state index in [1.807, 2.05) is 13.2 Å². The zero-order valence-electron chi connectivity index (χ0n) is 12.5. The first-order valence-electron chi connectivity index (χ1n) is 7.62. The molecule has 2 heterocycles. The second-order valence-electron chi connectivity index (χ2n) is 5.65. The van der Waals surface area contributed by atoms with Crippen LogP contribution in [0.3, 0.4) is 0 Å². The minimum Gasteiger partial charge on any atom is -0.357 e. The molecule has 1 aromatic rings. The van der Waals surface area contributed by atoms with Crippen LogP contribution in [0.25, 0.3) is 0 Å². The fourth-order valence-corrected chi connectivity index (χ4v) is 2.85. The van der Waals surface area contributed by atoms with Crippen molar-refractivity contribution in [2.45, 2.75) is 45.6 Å². The van der Waals surface area contributed by atoms with E-state index in [0.717, 1.165) is 24.8 Å². The minimum absolute atomic E-state index is 0.386. The van der Waals surface area contributed by atoms with E-state index in [-0.39, 0.29) is 0 Å². The number of hydrogen-bond donors (Lipinski definition) is 1. The number of nitrogens with zero attached hydrogens (tertiary/aromatic N) is 2. The SMILES string of the molecule is CCC1CCCN(c2cc(C(C)NC)ccn2)CC1. The summed E-state index contributed by atoms with van der Waals surface area (Å²) in [6, 6.07) is 4.74. The Kier molecular flexibility index (Phi) is 5.20. The van der Waals surface area contributed by atoms with E-state index < -0.39 is 0 Å². The van der Waals surface area contributed by atoms with Gasteiger partial charge >= 0.3 is 0 Å². The zero-order chi connectivity index (χ0) is 13.7. The molecule has 1 N–H and O–H groups in total. The fraction of sp³-hybridized carbons (Fsp3) is 0.688. The van der Waals surface area contributed by atoms with E-state index in [2.05, 4.69) is 41.2 Å². The Bertz CT molecular complexity index is 391. The summed E-state index contributed by atoms with van der Waals surface area (Å²) in [5.41, 5.74) is 1.32. The van der Waals surface area contributed by atoms with E-state index in [4.69, 9.17) is 0 Å². The van der Waals surface area contributed by atoms with Gasteiger partial charge in [-0.05, 0) is 56.8 Å². The Morgan fingerprint density at radius 2 is 2.26 bits per heavy atom. The maximum atomic E-state index is 4.57. The Labute approximate surface area is 117 Å². The van der Waals surface area contributed by atoms with Gasteiger partial charge in [-0.2, -0.15) is 0 Å². The van der Waals surface area contributed by atoms with Gasteiger partial charge in [-0.3, -0.25) is 0 Å². The Balaban J connectivity index is 2.08. The molecule has 0 bridgehead atoms. The van der Waals surface area contributed by atoms with Crippen LogP contribution in [0.15, 0.2) is 18.3 Å². The average Bonchev–Trinajstić information content (AvgIpc) is 2.72. The molecule has 2 rings (SSSR count). The lowest BCUT2D eigenvalue weighted by molar-refractivity contribution is 0.459. The highest BCUT2D eigenvalue weighted by atomic mass is 15.2. The van der Waals surface area contributed by atoms with Crippen molar-refractivity contribution < 1.29 is 0 Å². The summed E-state index contributed by atoms with van der Waals surface area (Å²) in [5, 5.41) is 3.29. The van der Waals surface area contributed by atoms with Crippen molar-refractivity contribution >= 4 is 5.82 Å². The molecule has 1 saturated heterocycles. The van der Waals surface area contributed by atoms with Crippen LogP contribution < -0.4 is 10.2 Å². The maximum absolute atomic E-state index is 4.57. The smallest absolute Gasteiger partial charge is 0.128 e. The summed E-state index contributed by atoms with van der Waals surface area (Å²) in [5.74, 6) is 2.06. The van der Waals surface area contributed by atoms with E-state index in [1.54, 1.807) is 0 Å². The molecule has 0 amide bonds. The standard InChI is InChI=1S/C16H27N3/c1-4-14-6-5-10-19(11-8-14)16-12-15(7-9-18-16)13(2)17-3/h7,9,12-14,17H,4-6,8,10-11H2,1-3H3. The normalized spacial score (nSPS) is 22.1. The van der Waals surface area contributed by atoms with Gasteiger partial charge in [0.25, 0.3) is 0 Å². The third-order valence-electron chi connectivity index (χ3n) is 4.45. The summed E-state index contributed by atoms with van der Waals surface area (Å²) < 4.78 is 0. The average molecular weight is 261 g/mol. The van der Waals surface area contributed by atoms with Crippen LogP contribution in [0, 0.1) is 5.92 Å². The van der Waals surface area contributed by atoms with Crippen LogP contribution in [0.2, 0.25) is 0 Å². The van der Waals surface area contributed by atoms with Crippen LogP contribution in [0.1, 0.15) is 51.1 Å². The second kappa shape index (κ2) is 6.90. The number of nitrogens with one attached hydrogen (secondary N) is 1. The molecule has 0 aliphatic carbocycles. The number of pyridine rings is 1. The third-order valence-corrected chi connectivity index (χ3v) is 4.45. The predicted molar refractivity (Wildman–Crippen MR) is 81.6 cm³/mol. The summed E-state index contributed by atoms with van der Waals surface area (Å²) >= 11 is 0. The molecule has 1 aliphatic rings. The molecular formula is C16H27N3. The molecule has 1 aliphatic heterocycles. The highest BCUT2D eigenvalue weighted by molar-refractivity contribution is 5.42. The van der Waals surface area contributed by atoms with Gasteiger partial charge in [0.15, 0.2) is 0 Å². The number of aromatic nitrogens is 1. The molecule has 106 valence electrons. The third kappa shape index (κ3) is 3.69. The number of rotatable bonds is 4. The van der Waals surface area contributed by atoms with Crippen LogP contribution in [0.4, 0.5) is 5.82 Å². The van der Waals surface area contributed by atoms with Gasteiger partial charge in [0, 0.05) is 25.3 Å². The fourth-order valence-electron chi connectivity index (χ4n) is 2.85. The molecule has 1 fully saturated rings. The van der Waals surface area contributed by atoms with Gasteiger partial charge in [0.1, 0.15) is 5.82 Å². The Hall–Kier alpha value is -1.09. The topological polar surface area (TPSA) is 28.2 Å². The van der Waals surface area contributed by atoms with Crippen molar-refractivity contribution in [1.82, 2.24) is 10.3 Å². The Morgan fingerprint density at radius 3 is 3.00 bits per heavy atom. The molecule has 0 spiro atoms. The first-order valence-corrected chi connectivity index (χ1v) is 7.62. The van der Waals surface area contributed by atoms with Crippen molar-refractivity contribution in [3.05, 3.63) is 23.9 Å². The number of anilines is 1. The summed E-state index contributed by atoms with van der Waals surface area (Å²) in [7, 11) is 2.00. The van der Waals surface area contributed by atoms with Crippen molar-refractivity contribution in [2.75, 3.05) is 25.0 Å². The number of hydrogen-bond acceptors (Lipinski definition) is 3. The first-order chi connectivity index (χ1) is 9.24. The van der Waals surface area contributed by atoms with E-state index in [9.17, 15) is 0 Å². The van der Waals surface area contributed by atoms with Crippen molar-refractivity contribution in [2.24, 2.45) is 5.92 Å². The predicted octanol–water partition coefficient (Wildman–Crippen LogP) is 3.38. The molecule has 0 saturated carbocycles. The molecule has 2 unspecified atom stereocenters. The molecule has 3 nitrogen and oxygen atoms in total. The second-order valence-corrected chi connectivity index (χ2v) is 5.65. The molecule has 2 atom stereocenters. The van der Waals surface area contributed by atoms with Gasteiger partial charge in [0.05, 0.1) is 0 Å². The zero-order valence-corrected chi connectivity index (χ0v) is 12.5. The monoisotopic (exact) mass is 261 g/mol. The summed E-state index contributed by atoms with van der Waals surface area (Å²) in [4.78, 5) is 7.03. The van der Waals surface area contributed by atoms with Gasteiger partial charge in [-0.1, -0.05) is 13.3 Å². The van der Waals surface area contributed by atoms with Gasteiger partial charge in [-0.25, -0.2) is 4.98 Å². The molecule has 3 heteroatoms. The van der Waals surface area contributed by atoms with Gasteiger partial charge in [0.2, 0.25) is 0 Å². The highest BCUT2D eigenvalue weighted by Gasteiger charge is 2.17. The van der Waals surface area contributed by atoms with E-state index >= 15 is 0 Å². The van der Waals surface area contributed by atoms with Crippen LogP contribution in [0.5, 0.6) is 0 Å². The molecule has 0 radical (unpaired) electrons. The maximum Gasteiger partial charge on any atom is 0.128 e. The Morgan fingerprint density at radius 1 is 1.42 bits per heavy atom. The quantitative estimate of drug-likeness (QED) is 0.900. The van der Waals surface area contributed by atoms with Gasteiger partial charge < -0.3 is 10.2 Å². The molecule has 1 aromatic heterocycles. The lowest BCUT2D eigenvalue weighted by Gasteiger charge is -2.23. The van der Waals surface area contributed by atoms with Crippen LogP contribution in [-0.4, -0.2) is 25.1 Å². The van der Waals surface area contributed by atoms with Gasteiger partial charge in [-0.15, -0.1) is 0 Å². The highest BCUT2D eigenvalue weighted by Crippen LogP contribution is 2.24. The summed E-state index contributed by atoms with van der Waals surface area (Å²) in [6.45, 7) is 6.81. The first kappa shape index (κ1) is 14.3. The minimum atomic E-state index is 0.386. The van der Waals surface area contributed by atoms with E-state index in [1.165, 1.54) is 31.2 Å². The van der Waals surface area contributed by atoms with Crippen molar-refractivity contribution in [3.63, 3.8) is 0 Å². The molecule has 0 aromatic carbocycles. The largest absolute Gasteiger partial charge is 0.357 e. The summed E-state index contributed by atoms with van der Waals surface area (Å²) in [6.07, 6.45) is 7.24. The van der Waals surface area contributed by atoms with Crippen LogP contribution in [-0.2, 0) is 0 Å². The lowest BCUT2D eigenvalue weighted by atomic mass is 9.98.